The number of ether oxygens (including phenoxy) is 1. The Morgan fingerprint density at radius 3 is 2.38 bits per heavy atom. The SMILES string of the molecule is COC(C)=NC#N.Cl. The number of halogens is 1. The summed E-state index contributed by atoms with van der Waals surface area (Å²) in [5, 5.41) is 7.85. The van der Waals surface area contributed by atoms with E-state index in [1.807, 2.05) is 0 Å². The number of hydrogen-bond donors (Lipinski definition) is 0. The molecule has 8 heavy (non-hydrogen) atoms. The fraction of sp³-hybridized carbons (Fsp3) is 0.500. The Hall–Kier alpha value is -0.750. The predicted molar refractivity (Wildman–Crippen MR) is 33.0 cm³/mol. The lowest BCUT2D eigenvalue weighted by Gasteiger charge is -1.88. The van der Waals surface area contributed by atoms with Crippen LogP contribution < -0.4 is 0 Å². The second-order valence-electron chi connectivity index (χ2n) is 0.935. The highest BCUT2D eigenvalue weighted by Crippen LogP contribution is 1.72. The minimum absolute atomic E-state index is 0. The van der Waals surface area contributed by atoms with Crippen molar-refractivity contribution in [2.24, 2.45) is 4.99 Å². The average molecular weight is 135 g/mol. The van der Waals surface area contributed by atoms with Crippen molar-refractivity contribution in [2.45, 2.75) is 6.92 Å². The van der Waals surface area contributed by atoms with Crippen molar-refractivity contribution >= 4 is 18.3 Å². The van der Waals surface area contributed by atoms with E-state index in [1.54, 1.807) is 13.1 Å². The van der Waals surface area contributed by atoms with Gasteiger partial charge in [-0.15, -0.1) is 17.4 Å². The zero-order valence-electron chi connectivity index (χ0n) is 4.71. The molecular weight excluding hydrogens is 128 g/mol. The molecule has 0 radical (unpaired) electrons. The molecule has 0 bridgehead atoms. The first-order valence-electron chi connectivity index (χ1n) is 1.78. The van der Waals surface area contributed by atoms with Crippen LogP contribution in [0.1, 0.15) is 6.92 Å². The first-order valence-corrected chi connectivity index (χ1v) is 1.78. The number of hydrogen-bond acceptors (Lipinski definition) is 3. The van der Waals surface area contributed by atoms with Crippen LogP contribution in [0.5, 0.6) is 0 Å². The molecule has 0 rings (SSSR count). The van der Waals surface area contributed by atoms with E-state index in [9.17, 15) is 0 Å². The normalized spacial score (nSPS) is 8.88. The Labute approximate surface area is 54.4 Å². The maximum atomic E-state index is 7.85. The molecule has 0 N–H and O–H groups in total. The molecule has 3 nitrogen and oxygen atoms in total. The van der Waals surface area contributed by atoms with Crippen molar-refractivity contribution in [1.82, 2.24) is 0 Å². The molecule has 0 spiro atoms. The van der Waals surface area contributed by atoms with E-state index in [-0.39, 0.29) is 12.4 Å². The molecule has 0 aliphatic rings. The van der Waals surface area contributed by atoms with E-state index in [0.717, 1.165) is 0 Å². The summed E-state index contributed by atoms with van der Waals surface area (Å²) >= 11 is 0. The summed E-state index contributed by atoms with van der Waals surface area (Å²) in [7, 11) is 1.47. The molecule has 0 saturated heterocycles. The third-order valence-corrected chi connectivity index (χ3v) is 0.503. The number of methoxy groups -OCH3 is 1. The molecule has 46 valence electrons. The third kappa shape index (κ3) is 5.25. The first-order chi connectivity index (χ1) is 3.31. The van der Waals surface area contributed by atoms with Gasteiger partial charge in [-0.25, -0.2) is 0 Å². The third-order valence-electron chi connectivity index (χ3n) is 0.503. The van der Waals surface area contributed by atoms with Gasteiger partial charge in [0.1, 0.15) is 0 Å². The van der Waals surface area contributed by atoms with Gasteiger partial charge < -0.3 is 4.74 Å². The quantitative estimate of drug-likeness (QED) is 0.281. The molecule has 0 unspecified atom stereocenters. The van der Waals surface area contributed by atoms with Crippen molar-refractivity contribution in [2.75, 3.05) is 7.11 Å². The Morgan fingerprint density at radius 1 is 1.75 bits per heavy atom. The second-order valence-corrected chi connectivity index (χ2v) is 0.935. The van der Waals surface area contributed by atoms with E-state index < -0.39 is 0 Å². The van der Waals surface area contributed by atoms with E-state index in [1.165, 1.54) is 7.11 Å². The number of aliphatic imine (C=N–C) groups is 1. The van der Waals surface area contributed by atoms with Gasteiger partial charge in [-0.3, -0.25) is 0 Å². The maximum absolute atomic E-state index is 7.85. The Bertz CT molecular complexity index is 116. The highest BCUT2D eigenvalue weighted by Gasteiger charge is 1.78. The lowest BCUT2D eigenvalue weighted by atomic mass is 10.8. The van der Waals surface area contributed by atoms with E-state index in [2.05, 4.69) is 9.73 Å². The van der Waals surface area contributed by atoms with Crippen molar-refractivity contribution in [3.63, 3.8) is 0 Å². The summed E-state index contributed by atoms with van der Waals surface area (Å²) < 4.78 is 4.52. The predicted octanol–water partition coefficient (Wildman–Crippen LogP) is 0.954. The molecule has 4 heteroatoms. The summed E-state index contributed by atoms with van der Waals surface area (Å²) in [6.07, 6.45) is 1.58. The van der Waals surface area contributed by atoms with Crippen LogP contribution in [0.4, 0.5) is 0 Å². The van der Waals surface area contributed by atoms with Gasteiger partial charge in [0.15, 0.2) is 5.90 Å². The minimum atomic E-state index is 0. The standard InChI is InChI=1S/C4H6N2O.ClH/c1-4(7-2)6-3-5;/h1-2H3;1H. The lowest BCUT2D eigenvalue weighted by molar-refractivity contribution is 0.400. The lowest BCUT2D eigenvalue weighted by Crippen LogP contribution is -1.90. The van der Waals surface area contributed by atoms with E-state index in [4.69, 9.17) is 5.26 Å². The summed E-state index contributed by atoms with van der Waals surface area (Å²) in [6, 6.07) is 0. The van der Waals surface area contributed by atoms with Crippen LogP contribution in [0.3, 0.4) is 0 Å². The summed E-state index contributed by atoms with van der Waals surface area (Å²) in [5.41, 5.74) is 0. The largest absolute Gasteiger partial charge is 0.484 e. The molecule has 0 aromatic heterocycles. The van der Waals surface area contributed by atoms with Crippen molar-refractivity contribution in [3.05, 3.63) is 0 Å². The second kappa shape index (κ2) is 6.25. The van der Waals surface area contributed by atoms with Crippen LogP contribution in [-0.4, -0.2) is 13.0 Å². The summed E-state index contributed by atoms with van der Waals surface area (Å²) in [4.78, 5) is 3.24. The highest BCUT2D eigenvalue weighted by atomic mass is 35.5. The van der Waals surface area contributed by atoms with Gasteiger partial charge in [0, 0.05) is 6.92 Å². The van der Waals surface area contributed by atoms with Crippen LogP contribution in [0, 0.1) is 11.5 Å². The summed E-state index contributed by atoms with van der Waals surface area (Å²) in [5.74, 6) is 0.391. The minimum Gasteiger partial charge on any atom is -0.484 e. The zero-order valence-corrected chi connectivity index (χ0v) is 5.53. The Morgan fingerprint density at radius 2 is 2.25 bits per heavy atom. The van der Waals surface area contributed by atoms with Gasteiger partial charge in [-0.05, 0) is 0 Å². The van der Waals surface area contributed by atoms with Crippen molar-refractivity contribution in [3.8, 4) is 6.19 Å². The van der Waals surface area contributed by atoms with Gasteiger partial charge in [-0.2, -0.15) is 5.26 Å². The molecule has 0 saturated carbocycles. The number of nitriles is 1. The van der Waals surface area contributed by atoms with Gasteiger partial charge in [0.05, 0.1) is 7.11 Å². The molecule has 0 aromatic rings. The van der Waals surface area contributed by atoms with E-state index in [0.29, 0.717) is 5.90 Å². The first kappa shape index (κ1) is 10.3. The number of nitrogens with zero attached hydrogens (tertiary/aromatic N) is 2. The van der Waals surface area contributed by atoms with Crippen LogP contribution in [0.25, 0.3) is 0 Å². The fourth-order valence-electron chi connectivity index (χ4n) is 0.116. The maximum Gasteiger partial charge on any atom is 0.208 e. The van der Waals surface area contributed by atoms with Crippen molar-refractivity contribution < 1.29 is 4.74 Å². The van der Waals surface area contributed by atoms with Crippen LogP contribution in [0.2, 0.25) is 0 Å². The molecule has 0 aromatic carbocycles. The molecule has 0 amide bonds. The molecule has 0 fully saturated rings. The Balaban J connectivity index is 0. The summed E-state index contributed by atoms with van der Waals surface area (Å²) in [6.45, 7) is 1.61. The molecular formula is C4H7ClN2O. The van der Waals surface area contributed by atoms with E-state index >= 15 is 0 Å². The average Bonchev–Trinajstić information content (AvgIpc) is 1.68. The molecule has 0 heterocycles. The molecule has 0 aliphatic heterocycles. The van der Waals surface area contributed by atoms with Crippen LogP contribution in [0.15, 0.2) is 4.99 Å². The van der Waals surface area contributed by atoms with Gasteiger partial charge >= 0.3 is 0 Å². The molecule has 0 aliphatic carbocycles. The fourth-order valence-corrected chi connectivity index (χ4v) is 0.116. The van der Waals surface area contributed by atoms with Gasteiger partial charge in [0.25, 0.3) is 0 Å². The molecule has 0 atom stereocenters. The van der Waals surface area contributed by atoms with Gasteiger partial charge in [-0.1, -0.05) is 0 Å². The number of rotatable bonds is 0. The highest BCUT2D eigenvalue weighted by molar-refractivity contribution is 5.85. The van der Waals surface area contributed by atoms with Crippen molar-refractivity contribution in [1.29, 1.82) is 5.26 Å². The van der Waals surface area contributed by atoms with Crippen LogP contribution in [-0.2, 0) is 4.74 Å². The Kier molecular flexibility index (Phi) is 8.03. The van der Waals surface area contributed by atoms with Gasteiger partial charge in [0.2, 0.25) is 6.19 Å². The monoisotopic (exact) mass is 134 g/mol. The van der Waals surface area contributed by atoms with Crippen LogP contribution >= 0.6 is 12.4 Å². The topological polar surface area (TPSA) is 45.4 Å². The zero-order chi connectivity index (χ0) is 5.70. The smallest absolute Gasteiger partial charge is 0.208 e.